The molecule has 10 heteroatoms. The van der Waals surface area contributed by atoms with Crippen molar-refractivity contribution in [1.29, 1.82) is 0 Å². The average Bonchev–Trinajstić information content (AvgIpc) is 3.42. The lowest BCUT2D eigenvalue weighted by molar-refractivity contribution is -0.131. The van der Waals surface area contributed by atoms with Crippen molar-refractivity contribution in [2.75, 3.05) is 31.8 Å². The fraction of sp³-hybridized carbons (Fsp3) is 0.412. The standard InChI is InChI=1S/C17H21N5O4S/c1-21(9-14(23)18-11-4-3-5-13(8-11)26-2)15(24)10-27-17-20-19-16(25)22(17)12-6-7-12/h3-5,8,12H,6-7,9-10H2,1-2H3,(H,18,23)(H,19,25). The summed E-state index contributed by atoms with van der Waals surface area (Å²) >= 11 is 1.19. The number of anilines is 1. The lowest BCUT2D eigenvalue weighted by atomic mass is 10.3. The third kappa shape index (κ3) is 4.91. The first-order valence-electron chi connectivity index (χ1n) is 8.45. The molecule has 144 valence electrons. The molecule has 1 heterocycles. The lowest BCUT2D eigenvalue weighted by Gasteiger charge is -2.16. The van der Waals surface area contributed by atoms with Gasteiger partial charge < -0.3 is 15.0 Å². The number of nitrogens with one attached hydrogen (secondary N) is 2. The number of methoxy groups -OCH3 is 1. The van der Waals surface area contributed by atoms with Crippen LogP contribution in [0.2, 0.25) is 0 Å². The van der Waals surface area contributed by atoms with Gasteiger partial charge in [0.25, 0.3) is 0 Å². The number of likely N-dealkylation sites (N-methyl/N-ethyl adjacent to an activating group) is 1. The first-order valence-corrected chi connectivity index (χ1v) is 9.44. The Morgan fingerprint density at radius 1 is 1.44 bits per heavy atom. The van der Waals surface area contributed by atoms with Gasteiger partial charge >= 0.3 is 5.69 Å². The molecular formula is C17H21N5O4S. The van der Waals surface area contributed by atoms with E-state index in [2.05, 4.69) is 15.5 Å². The Labute approximate surface area is 160 Å². The monoisotopic (exact) mass is 391 g/mol. The maximum absolute atomic E-state index is 12.3. The maximum Gasteiger partial charge on any atom is 0.344 e. The summed E-state index contributed by atoms with van der Waals surface area (Å²) in [7, 11) is 3.11. The molecule has 2 N–H and O–H groups in total. The minimum Gasteiger partial charge on any atom is -0.497 e. The van der Waals surface area contributed by atoms with Gasteiger partial charge in [-0.25, -0.2) is 9.89 Å². The van der Waals surface area contributed by atoms with Crippen LogP contribution in [-0.4, -0.2) is 57.9 Å². The number of benzene rings is 1. The van der Waals surface area contributed by atoms with Crippen LogP contribution in [0.4, 0.5) is 5.69 Å². The minimum atomic E-state index is -0.307. The summed E-state index contributed by atoms with van der Waals surface area (Å²) in [6.07, 6.45) is 1.90. The largest absolute Gasteiger partial charge is 0.497 e. The van der Waals surface area contributed by atoms with Gasteiger partial charge in [-0.3, -0.25) is 14.2 Å². The topological polar surface area (TPSA) is 109 Å². The second-order valence-electron chi connectivity index (χ2n) is 6.23. The number of aromatic amines is 1. The van der Waals surface area contributed by atoms with Crippen LogP contribution in [0, 0.1) is 0 Å². The smallest absolute Gasteiger partial charge is 0.344 e. The van der Waals surface area contributed by atoms with Gasteiger partial charge in [-0.1, -0.05) is 17.8 Å². The third-order valence-electron chi connectivity index (χ3n) is 4.07. The predicted molar refractivity (Wildman–Crippen MR) is 101 cm³/mol. The predicted octanol–water partition coefficient (Wildman–Crippen LogP) is 1.10. The van der Waals surface area contributed by atoms with Crippen molar-refractivity contribution in [2.24, 2.45) is 0 Å². The van der Waals surface area contributed by atoms with E-state index in [1.807, 2.05) is 0 Å². The molecule has 0 atom stereocenters. The number of amides is 2. The van der Waals surface area contributed by atoms with E-state index in [1.54, 1.807) is 43.0 Å². The second kappa shape index (κ2) is 8.30. The number of rotatable bonds is 8. The highest BCUT2D eigenvalue weighted by Crippen LogP contribution is 2.36. The van der Waals surface area contributed by atoms with Gasteiger partial charge in [0.15, 0.2) is 5.16 Å². The van der Waals surface area contributed by atoms with Crippen LogP contribution in [0.15, 0.2) is 34.2 Å². The molecule has 1 aromatic carbocycles. The van der Waals surface area contributed by atoms with Crippen LogP contribution >= 0.6 is 11.8 Å². The number of nitrogens with zero attached hydrogens (tertiary/aromatic N) is 3. The molecule has 1 aliphatic rings. The number of carbonyl (C=O) groups is 2. The zero-order valence-corrected chi connectivity index (χ0v) is 15.9. The zero-order chi connectivity index (χ0) is 19.4. The summed E-state index contributed by atoms with van der Waals surface area (Å²) in [6, 6.07) is 7.17. The van der Waals surface area contributed by atoms with Gasteiger partial charge in [0.2, 0.25) is 11.8 Å². The van der Waals surface area contributed by atoms with Crippen LogP contribution in [0.5, 0.6) is 5.75 Å². The maximum atomic E-state index is 12.3. The molecule has 0 saturated heterocycles. The molecule has 0 unspecified atom stereocenters. The Morgan fingerprint density at radius 2 is 2.22 bits per heavy atom. The van der Waals surface area contributed by atoms with Crippen LogP contribution in [0.25, 0.3) is 0 Å². The molecule has 1 fully saturated rings. The van der Waals surface area contributed by atoms with Crippen molar-refractivity contribution in [2.45, 2.75) is 24.0 Å². The molecule has 27 heavy (non-hydrogen) atoms. The van der Waals surface area contributed by atoms with Crippen LogP contribution in [0.1, 0.15) is 18.9 Å². The SMILES string of the molecule is COc1cccc(NC(=O)CN(C)C(=O)CSc2n[nH]c(=O)n2C2CC2)c1. The number of H-pyrrole nitrogens is 1. The Bertz CT molecular complexity index is 889. The molecule has 0 aliphatic heterocycles. The third-order valence-corrected chi connectivity index (χ3v) is 5.01. The molecular weight excluding hydrogens is 370 g/mol. The first-order chi connectivity index (χ1) is 13.0. The van der Waals surface area contributed by atoms with Crippen LogP contribution < -0.4 is 15.7 Å². The van der Waals surface area contributed by atoms with E-state index >= 15 is 0 Å². The van der Waals surface area contributed by atoms with E-state index in [0.29, 0.717) is 16.6 Å². The molecule has 9 nitrogen and oxygen atoms in total. The first kappa shape index (κ1) is 19.0. The van der Waals surface area contributed by atoms with Crippen molar-refractivity contribution in [3.8, 4) is 5.75 Å². The summed E-state index contributed by atoms with van der Waals surface area (Å²) in [5.41, 5.74) is 0.345. The Morgan fingerprint density at radius 3 is 2.93 bits per heavy atom. The summed E-state index contributed by atoms with van der Waals surface area (Å²) in [4.78, 5) is 37.5. The van der Waals surface area contributed by atoms with Gasteiger partial charge in [-0.15, -0.1) is 5.10 Å². The van der Waals surface area contributed by atoms with Crippen LogP contribution in [-0.2, 0) is 9.59 Å². The normalized spacial score (nSPS) is 13.3. The Balaban J connectivity index is 1.50. The number of hydrogen-bond donors (Lipinski definition) is 2. The van der Waals surface area contributed by atoms with E-state index < -0.39 is 0 Å². The summed E-state index contributed by atoms with van der Waals surface area (Å²) in [5.74, 6) is 0.201. The van der Waals surface area contributed by atoms with Crippen molar-refractivity contribution < 1.29 is 14.3 Å². The van der Waals surface area contributed by atoms with Crippen LogP contribution in [0.3, 0.4) is 0 Å². The van der Waals surface area contributed by atoms with E-state index in [9.17, 15) is 14.4 Å². The quantitative estimate of drug-likeness (QED) is 0.653. The Hall–Kier alpha value is -2.75. The van der Waals surface area contributed by atoms with Gasteiger partial charge in [0, 0.05) is 24.8 Å². The highest BCUT2D eigenvalue weighted by Gasteiger charge is 2.29. The fourth-order valence-corrected chi connectivity index (χ4v) is 3.44. The average molecular weight is 391 g/mol. The lowest BCUT2D eigenvalue weighted by Crippen LogP contribution is -2.36. The van der Waals surface area contributed by atoms with E-state index in [4.69, 9.17) is 4.74 Å². The molecule has 3 rings (SSSR count). The Kier molecular flexibility index (Phi) is 5.84. The minimum absolute atomic E-state index is 0.0768. The number of ether oxygens (including phenoxy) is 1. The number of thioether (sulfide) groups is 1. The summed E-state index contributed by atoms with van der Waals surface area (Å²) < 4.78 is 6.70. The van der Waals surface area contributed by atoms with E-state index in [1.165, 1.54) is 16.7 Å². The van der Waals surface area contributed by atoms with Gasteiger partial charge in [0.05, 0.1) is 19.4 Å². The summed E-state index contributed by atoms with van der Waals surface area (Å²) in [6.45, 7) is -0.0768. The number of carbonyl (C=O) groups excluding carboxylic acids is 2. The summed E-state index contributed by atoms with van der Waals surface area (Å²) in [5, 5.41) is 9.62. The van der Waals surface area contributed by atoms with Crippen molar-refractivity contribution in [3.63, 3.8) is 0 Å². The zero-order valence-electron chi connectivity index (χ0n) is 15.1. The van der Waals surface area contributed by atoms with E-state index in [-0.39, 0.29) is 35.8 Å². The molecule has 0 radical (unpaired) electrons. The molecule has 1 saturated carbocycles. The van der Waals surface area contributed by atoms with Gasteiger partial charge in [-0.05, 0) is 25.0 Å². The van der Waals surface area contributed by atoms with Crippen molar-refractivity contribution in [3.05, 3.63) is 34.7 Å². The van der Waals surface area contributed by atoms with Gasteiger partial charge in [0.1, 0.15) is 5.75 Å². The number of aromatic nitrogens is 3. The highest BCUT2D eigenvalue weighted by molar-refractivity contribution is 7.99. The molecule has 0 spiro atoms. The molecule has 1 aliphatic carbocycles. The second-order valence-corrected chi connectivity index (χ2v) is 7.17. The molecule has 0 bridgehead atoms. The molecule has 2 aromatic rings. The highest BCUT2D eigenvalue weighted by atomic mass is 32.2. The van der Waals surface area contributed by atoms with Gasteiger partial charge in [-0.2, -0.15) is 0 Å². The number of hydrogen-bond acceptors (Lipinski definition) is 6. The van der Waals surface area contributed by atoms with E-state index in [0.717, 1.165) is 12.8 Å². The van der Waals surface area contributed by atoms with Crippen molar-refractivity contribution in [1.82, 2.24) is 19.7 Å². The van der Waals surface area contributed by atoms with Crippen molar-refractivity contribution >= 4 is 29.3 Å². The molecule has 2 amide bonds. The fourth-order valence-electron chi connectivity index (χ4n) is 2.49. The molecule has 1 aromatic heterocycles.